The Bertz CT molecular complexity index is 1910. The number of nitrogens with one attached hydrogen (secondary N) is 1. The van der Waals surface area contributed by atoms with Gasteiger partial charge in [-0.25, -0.2) is 4.99 Å². The molecule has 1 aromatic heterocycles. The zero-order valence-corrected chi connectivity index (χ0v) is 24.1. The molecule has 0 radical (unpaired) electrons. The first-order chi connectivity index (χ1) is 20.9. The number of thioether (sulfide) groups is 1. The Labute approximate surface area is 252 Å². The first kappa shape index (κ1) is 29.2. The van der Waals surface area contributed by atoms with Crippen molar-refractivity contribution in [1.82, 2.24) is 14.9 Å². The summed E-state index contributed by atoms with van der Waals surface area (Å²) in [5.41, 5.74) is 1.30. The van der Waals surface area contributed by atoms with Crippen molar-refractivity contribution in [2.45, 2.75) is 18.1 Å². The van der Waals surface area contributed by atoms with E-state index in [0.29, 0.717) is 16.3 Å². The van der Waals surface area contributed by atoms with E-state index in [1.165, 1.54) is 4.57 Å². The van der Waals surface area contributed by atoms with Crippen molar-refractivity contribution in [3.8, 4) is 5.88 Å². The number of fused-ring (bicyclic) bond motifs is 1. The Balaban J connectivity index is 1.53. The van der Waals surface area contributed by atoms with Gasteiger partial charge in [-0.05, 0) is 30.2 Å². The van der Waals surface area contributed by atoms with Crippen molar-refractivity contribution in [3.05, 3.63) is 153 Å². The molecule has 214 valence electrons. The minimum absolute atomic E-state index is 0.0228. The minimum Gasteiger partial charge on any atom is -0.493 e. The Morgan fingerprint density at radius 1 is 1.00 bits per heavy atom. The van der Waals surface area contributed by atoms with Crippen LogP contribution in [0.4, 0.5) is 0 Å². The van der Waals surface area contributed by atoms with Gasteiger partial charge in [0.25, 0.3) is 11.5 Å². The standard InChI is InChI=1S/C34H28N4O4S/c1-3-5-18-24(4-2)38-33(42)29(28-25-19-12-13-20-26(25)35-31(28)40)32(41)37-34(38)43-21-27(39)36-30(22-14-8-6-9-15-22)23-16-10-7-11-17-23/h3-20,30,41H,1,21H2,2H3,(H,36,39)/b18-5-,24-4+. The molecule has 2 heterocycles. The molecule has 0 fully saturated rings. The molecule has 0 atom stereocenters. The highest BCUT2D eigenvalue weighted by Gasteiger charge is 2.28. The maximum absolute atomic E-state index is 14.0. The Morgan fingerprint density at radius 2 is 1.63 bits per heavy atom. The lowest BCUT2D eigenvalue weighted by Gasteiger charge is -2.20. The zero-order chi connectivity index (χ0) is 30.3. The number of aromatic hydroxyl groups is 1. The molecule has 1 aliphatic rings. The predicted molar refractivity (Wildman–Crippen MR) is 168 cm³/mol. The van der Waals surface area contributed by atoms with Crippen LogP contribution < -0.4 is 21.5 Å². The van der Waals surface area contributed by atoms with E-state index in [4.69, 9.17) is 0 Å². The number of hydrogen-bond donors (Lipinski definition) is 2. The molecule has 0 aliphatic carbocycles. The van der Waals surface area contributed by atoms with E-state index in [0.717, 1.165) is 22.9 Å². The summed E-state index contributed by atoms with van der Waals surface area (Å²) >= 11 is 0.992. The smallest absolute Gasteiger partial charge is 0.279 e. The molecule has 3 aromatic carbocycles. The second kappa shape index (κ2) is 13.1. The number of hydrogen-bond acceptors (Lipinski definition) is 6. The van der Waals surface area contributed by atoms with Gasteiger partial charge in [0, 0.05) is 10.9 Å². The van der Waals surface area contributed by atoms with Gasteiger partial charge in [0.15, 0.2) is 5.16 Å². The molecule has 0 saturated heterocycles. The van der Waals surface area contributed by atoms with Gasteiger partial charge in [0.2, 0.25) is 11.8 Å². The van der Waals surface area contributed by atoms with Gasteiger partial charge in [-0.1, -0.05) is 115 Å². The average molecular weight is 589 g/mol. The first-order valence-corrected chi connectivity index (χ1v) is 14.5. The fraction of sp³-hybridized carbons (Fsp3) is 0.0882. The molecule has 0 saturated carbocycles. The topological polar surface area (TPSA) is 114 Å². The second-order valence-corrected chi connectivity index (χ2v) is 10.4. The molecular weight excluding hydrogens is 560 g/mol. The molecule has 0 bridgehead atoms. The summed E-state index contributed by atoms with van der Waals surface area (Å²) in [6, 6.07) is 25.6. The van der Waals surface area contributed by atoms with E-state index in [2.05, 4.69) is 21.9 Å². The third-order valence-corrected chi connectivity index (χ3v) is 7.69. The van der Waals surface area contributed by atoms with Crippen molar-refractivity contribution in [3.63, 3.8) is 0 Å². The molecule has 9 heteroatoms. The number of allylic oxidation sites excluding steroid dienone is 5. The Hall–Kier alpha value is -5.28. The number of carbonyl (C=O) groups excluding carboxylic acids is 2. The van der Waals surface area contributed by atoms with E-state index >= 15 is 0 Å². The predicted octanol–water partition coefficient (Wildman–Crippen LogP) is 3.91. The SMILES string of the molecule is C=C/C=C\C(=C/C)n1c(SCC(=O)NC(c2ccccc2)c2ccccc2)nc(O)c(C2=c3ccccc3=NC2=O)c1=O. The van der Waals surface area contributed by atoms with Crippen molar-refractivity contribution in [2.24, 2.45) is 4.99 Å². The van der Waals surface area contributed by atoms with Crippen LogP contribution in [0.15, 0.2) is 131 Å². The molecule has 0 unspecified atom stereocenters. The minimum atomic E-state index is -0.668. The van der Waals surface area contributed by atoms with Crippen LogP contribution in [0.2, 0.25) is 0 Å². The fourth-order valence-corrected chi connectivity index (χ4v) is 5.60. The van der Waals surface area contributed by atoms with Crippen molar-refractivity contribution >= 4 is 34.8 Å². The summed E-state index contributed by atoms with van der Waals surface area (Å²) in [6.07, 6.45) is 6.55. The Kier molecular flexibility index (Phi) is 8.93. The molecule has 43 heavy (non-hydrogen) atoms. The van der Waals surface area contributed by atoms with Crippen molar-refractivity contribution in [2.75, 3.05) is 5.75 Å². The van der Waals surface area contributed by atoms with Crippen LogP contribution in [0.1, 0.15) is 29.7 Å². The first-order valence-electron chi connectivity index (χ1n) is 13.5. The van der Waals surface area contributed by atoms with E-state index in [9.17, 15) is 19.5 Å². The lowest BCUT2D eigenvalue weighted by atomic mass is 9.99. The largest absolute Gasteiger partial charge is 0.493 e. The average Bonchev–Trinajstić information content (AvgIpc) is 3.36. The van der Waals surface area contributed by atoms with Crippen LogP contribution in [-0.4, -0.2) is 32.2 Å². The van der Waals surface area contributed by atoms with Crippen molar-refractivity contribution in [1.29, 1.82) is 0 Å². The third kappa shape index (κ3) is 6.17. The second-order valence-electron chi connectivity index (χ2n) is 9.46. The number of benzene rings is 3. The summed E-state index contributed by atoms with van der Waals surface area (Å²) in [7, 11) is 0. The number of amides is 2. The van der Waals surface area contributed by atoms with Crippen LogP contribution in [0, 0.1) is 0 Å². The summed E-state index contributed by atoms with van der Waals surface area (Å²) in [5.74, 6) is -1.66. The van der Waals surface area contributed by atoms with Gasteiger partial charge in [-0.2, -0.15) is 4.98 Å². The number of carbonyl (C=O) groups is 2. The van der Waals surface area contributed by atoms with Crippen molar-refractivity contribution < 1.29 is 14.7 Å². The highest BCUT2D eigenvalue weighted by atomic mass is 32.2. The maximum Gasteiger partial charge on any atom is 0.279 e. The summed E-state index contributed by atoms with van der Waals surface area (Å²) in [5, 5.41) is 15.0. The summed E-state index contributed by atoms with van der Waals surface area (Å²) < 4.78 is 1.28. The van der Waals surface area contributed by atoms with E-state index in [1.54, 1.807) is 55.5 Å². The molecule has 2 amide bonds. The molecule has 2 N–H and O–H groups in total. The highest BCUT2D eigenvalue weighted by Crippen LogP contribution is 2.27. The lowest BCUT2D eigenvalue weighted by molar-refractivity contribution is -0.119. The number of rotatable bonds is 10. The molecule has 4 aromatic rings. The van der Waals surface area contributed by atoms with E-state index < -0.39 is 23.4 Å². The van der Waals surface area contributed by atoms with E-state index in [1.807, 2.05) is 60.7 Å². The molecular formula is C34H28N4O4S. The molecule has 1 aliphatic heterocycles. The number of nitrogens with zero attached hydrogens (tertiary/aromatic N) is 3. The number of para-hydroxylation sites is 1. The lowest BCUT2D eigenvalue weighted by Crippen LogP contribution is -2.32. The maximum atomic E-state index is 14.0. The van der Waals surface area contributed by atoms with Gasteiger partial charge in [0.1, 0.15) is 5.56 Å². The van der Waals surface area contributed by atoms with E-state index in [-0.39, 0.29) is 28.0 Å². The van der Waals surface area contributed by atoms with Crippen LogP contribution in [0.3, 0.4) is 0 Å². The van der Waals surface area contributed by atoms with Gasteiger partial charge in [0.05, 0.1) is 22.7 Å². The third-order valence-electron chi connectivity index (χ3n) is 6.75. The Morgan fingerprint density at radius 3 is 2.26 bits per heavy atom. The fourth-order valence-electron chi connectivity index (χ4n) is 4.79. The van der Waals surface area contributed by atoms with Crippen LogP contribution in [0.5, 0.6) is 5.88 Å². The molecule has 8 nitrogen and oxygen atoms in total. The van der Waals surface area contributed by atoms with Gasteiger partial charge in [-0.15, -0.1) is 0 Å². The number of aromatic nitrogens is 2. The zero-order valence-electron chi connectivity index (χ0n) is 23.3. The van der Waals surface area contributed by atoms with Gasteiger partial charge >= 0.3 is 0 Å². The molecule has 5 rings (SSSR count). The monoisotopic (exact) mass is 588 g/mol. The molecule has 0 spiro atoms. The van der Waals surface area contributed by atoms with Gasteiger partial charge < -0.3 is 10.4 Å². The summed E-state index contributed by atoms with van der Waals surface area (Å²) in [4.78, 5) is 48.6. The summed E-state index contributed by atoms with van der Waals surface area (Å²) in [6.45, 7) is 5.44. The normalized spacial score (nSPS) is 12.8. The van der Waals surface area contributed by atoms with Crippen LogP contribution in [0.25, 0.3) is 11.3 Å². The van der Waals surface area contributed by atoms with Crippen LogP contribution in [-0.2, 0) is 9.59 Å². The van der Waals surface area contributed by atoms with Gasteiger partial charge in [-0.3, -0.25) is 19.0 Å². The quantitative estimate of drug-likeness (QED) is 0.165. The van der Waals surface area contributed by atoms with Crippen LogP contribution >= 0.6 is 11.8 Å². The highest BCUT2D eigenvalue weighted by molar-refractivity contribution is 7.99.